The van der Waals surface area contributed by atoms with Crippen molar-refractivity contribution in [1.29, 1.82) is 0 Å². The summed E-state index contributed by atoms with van der Waals surface area (Å²) in [5, 5.41) is 14.8. The van der Waals surface area contributed by atoms with Crippen LogP contribution in [0.4, 0.5) is 0 Å². The van der Waals surface area contributed by atoms with Crippen molar-refractivity contribution in [3.8, 4) is 5.75 Å². The van der Waals surface area contributed by atoms with Crippen molar-refractivity contribution in [2.45, 2.75) is 12.6 Å². The van der Waals surface area contributed by atoms with Crippen molar-refractivity contribution in [2.24, 2.45) is 0 Å². The molecule has 0 aliphatic heterocycles. The van der Waals surface area contributed by atoms with E-state index in [2.05, 4.69) is 5.10 Å². The molecule has 0 amide bonds. The summed E-state index contributed by atoms with van der Waals surface area (Å²) in [4.78, 5) is 0. The summed E-state index contributed by atoms with van der Waals surface area (Å²) < 4.78 is 12.2. The van der Waals surface area contributed by atoms with E-state index < -0.39 is 6.10 Å². The van der Waals surface area contributed by atoms with Gasteiger partial charge in [-0.15, -0.1) is 0 Å². The molecule has 108 valence electrons. The van der Waals surface area contributed by atoms with Gasteiger partial charge < -0.3 is 14.6 Å². The maximum atomic E-state index is 10.2. The molecule has 5 nitrogen and oxygen atoms in total. The van der Waals surface area contributed by atoms with Crippen LogP contribution in [0.2, 0.25) is 5.02 Å². The molecule has 6 heteroatoms. The minimum atomic E-state index is -0.845. The number of hydrogen-bond donors (Lipinski definition) is 1. The number of aliphatic hydroxyl groups is 1. The van der Waals surface area contributed by atoms with Gasteiger partial charge in [0.05, 0.1) is 30.1 Å². The number of halogens is 1. The van der Waals surface area contributed by atoms with E-state index in [0.717, 1.165) is 0 Å². The van der Waals surface area contributed by atoms with Crippen LogP contribution in [0.3, 0.4) is 0 Å². The molecular formula is C14H17ClN2O3. The van der Waals surface area contributed by atoms with E-state index in [0.29, 0.717) is 29.6 Å². The van der Waals surface area contributed by atoms with Gasteiger partial charge in [0.2, 0.25) is 0 Å². The van der Waals surface area contributed by atoms with E-state index in [-0.39, 0.29) is 6.61 Å². The fourth-order valence-electron chi connectivity index (χ4n) is 1.83. The molecule has 1 N–H and O–H groups in total. The lowest BCUT2D eigenvalue weighted by Gasteiger charge is -2.15. The lowest BCUT2D eigenvalue weighted by Crippen LogP contribution is -2.17. The fraction of sp³-hybridized carbons (Fsp3) is 0.357. The van der Waals surface area contributed by atoms with Gasteiger partial charge in [0.25, 0.3) is 0 Å². The molecule has 0 radical (unpaired) electrons. The van der Waals surface area contributed by atoms with Crippen LogP contribution in [0.5, 0.6) is 5.75 Å². The molecule has 0 saturated heterocycles. The average molecular weight is 297 g/mol. The Bertz CT molecular complexity index is 530. The number of aliphatic hydroxyl groups excluding tert-OH is 1. The first-order valence-corrected chi connectivity index (χ1v) is 6.66. The quantitative estimate of drug-likeness (QED) is 0.852. The SMILES string of the molecule is COCCn1ncc(Cl)c1C(O)COc1ccccc1. The minimum Gasteiger partial charge on any atom is -0.490 e. The molecule has 2 aromatic rings. The second-order valence-corrected chi connectivity index (χ2v) is 4.64. The highest BCUT2D eigenvalue weighted by atomic mass is 35.5. The average Bonchev–Trinajstić information content (AvgIpc) is 2.84. The van der Waals surface area contributed by atoms with Crippen molar-refractivity contribution in [2.75, 3.05) is 20.3 Å². The summed E-state index contributed by atoms with van der Waals surface area (Å²) >= 11 is 6.06. The van der Waals surface area contributed by atoms with E-state index in [4.69, 9.17) is 21.1 Å². The second kappa shape index (κ2) is 7.28. The molecule has 0 bridgehead atoms. The topological polar surface area (TPSA) is 56.5 Å². The number of ether oxygens (including phenoxy) is 2. The molecule has 1 aromatic carbocycles. The lowest BCUT2D eigenvalue weighted by atomic mass is 10.2. The van der Waals surface area contributed by atoms with Gasteiger partial charge in [-0.05, 0) is 12.1 Å². The molecule has 1 aromatic heterocycles. The van der Waals surface area contributed by atoms with Crippen molar-refractivity contribution in [3.05, 3.63) is 47.2 Å². The Morgan fingerprint density at radius 3 is 2.80 bits per heavy atom. The van der Waals surface area contributed by atoms with Gasteiger partial charge in [-0.2, -0.15) is 5.10 Å². The van der Waals surface area contributed by atoms with Crippen LogP contribution in [-0.4, -0.2) is 35.2 Å². The standard InChI is InChI=1S/C14H17ClN2O3/c1-19-8-7-17-14(12(15)9-16-17)13(18)10-20-11-5-3-2-4-6-11/h2-6,9,13,18H,7-8,10H2,1H3. The van der Waals surface area contributed by atoms with Crippen molar-refractivity contribution >= 4 is 11.6 Å². The molecule has 0 aliphatic rings. The van der Waals surface area contributed by atoms with E-state index >= 15 is 0 Å². The number of nitrogens with zero attached hydrogens (tertiary/aromatic N) is 2. The lowest BCUT2D eigenvalue weighted by molar-refractivity contribution is 0.0973. The molecule has 0 saturated carbocycles. The zero-order valence-electron chi connectivity index (χ0n) is 11.2. The summed E-state index contributed by atoms with van der Waals surface area (Å²) in [6.07, 6.45) is 0.667. The second-order valence-electron chi connectivity index (χ2n) is 4.23. The van der Waals surface area contributed by atoms with Crippen LogP contribution >= 0.6 is 11.6 Å². The van der Waals surface area contributed by atoms with Crippen LogP contribution in [0.25, 0.3) is 0 Å². The van der Waals surface area contributed by atoms with Gasteiger partial charge in [-0.1, -0.05) is 29.8 Å². The first kappa shape index (κ1) is 14.8. The Labute approximate surface area is 122 Å². The minimum absolute atomic E-state index is 0.114. The predicted octanol–water partition coefficient (Wildman–Crippen LogP) is 2.30. The summed E-state index contributed by atoms with van der Waals surface area (Å²) in [5.74, 6) is 0.700. The van der Waals surface area contributed by atoms with Crippen LogP contribution in [-0.2, 0) is 11.3 Å². The van der Waals surface area contributed by atoms with Gasteiger partial charge in [0.15, 0.2) is 0 Å². The molecular weight excluding hydrogens is 280 g/mol. The zero-order chi connectivity index (χ0) is 14.4. The number of benzene rings is 1. The molecule has 0 fully saturated rings. The molecule has 20 heavy (non-hydrogen) atoms. The highest BCUT2D eigenvalue weighted by Crippen LogP contribution is 2.23. The van der Waals surface area contributed by atoms with E-state index in [9.17, 15) is 5.11 Å². The van der Waals surface area contributed by atoms with Gasteiger partial charge in [0, 0.05) is 7.11 Å². The molecule has 1 heterocycles. The Morgan fingerprint density at radius 1 is 1.35 bits per heavy atom. The van der Waals surface area contributed by atoms with E-state index in [1.165, 1.54) is 6.20 Å². The van der Waals surface area contributed by atoms with Gasteiger partial charge in [0.1, 0.15) is 18.5 Å². The Balaban J connectivity index is 2.01. The largest absolute Gasteiger partial charge is 0.490 e. The summed E-state index contributed by atoms with van der Waals surface area (Å²) in [6, 6.07) is 9.31. The molecule has 0 spiro atoms. The Kier molecular flexibility index (Phi) is 5.40. The predicted molar refractivity (Wildman–Crippen MR) is 76.0 cm³/mol. The number of rotatable bonds is 7. The van der Waals surface area contributed by atoms with Crippen molar-refractivity contribution in [3.63, 3.8) is 0 Å². The molecule has 2 rings (SSSR count). The fourth-order valence-corrected chi connectivity index (χ4v) is 2.10. The summed E-state index contributed by atoms with van der Waals surface area (Å²) in [7, 11) is 1.61. The third kappa shape index (κ3) is 3.72. The smallest absolute Gasteiger partial charge is 0.131 e. The Hall–Kier alpha value is -1.56. The highest BCUT2D eigenvalue weighted by molar-refractivity contribution is 6.31. The van der Waals surface area contributed by atoms with Gasteiger partial charge >= 0.3 is 0 Å². The van der Waals surface area contributed by atoms with Crippen LogP contribution in [0.15, 0.2) is 36.5 Å². The summed E-state index contributed by atoms with van der Waals surface area (Å²) in [6.45, 7) is 1.14. The van der Waals surface area contributed by atoms with Crippen LogP contribution in [0.1, 0.15) is 11.8 Å². The third-order valence-corrected chi connectivity index (χ3v) is 3.10. The first-order valence-electron chi connectivity index (χ1n) is 6.28. The molecule has 1 unspecified atom stereocenters. The highest BCUT2D eigenvalue weighted by Gasteiger charge is 2.18. The van der Waals surface area contributed by atoms with Crippen LogP contribution in [0, 0.1) is 0 Å². The van der Waals surface area contributed by atoms with Gasteiger partial charge in [-0.25, -0.2) is 0 Å². The van der Waals surface area contributed by atoms with Gasteiger partial charge in [-0.3, -0.25) is 4.68 Å². The maximum absolute atomic E-state index is 10.2. The maximum Gasteiger partial charge on any atom is 0.131 e. The number of para-hydroxylation sites is 1. The number of hydrogen-bond acceptors (Lipinski definition) is 4. The van der Waals surface area contributed by atoms with E-state index in [1.54, 1.807) is 11.8 Å². The Morgan fingerprint density at radius 2 is 2.10 bits per heavy atom. The summed E-state index contributed by atoms with van der Waals surface area (Å²) in [5.41, 5.74) is 0.541. The monoisotopic (exact) mass is 296 g/mol. The van der Waals surface area contributed by atoms with Crippen LogP contribution < -0.4 is 4.74 Å². The normalized spacial score (nSPS) is 12.3. The molecule has 1 atom stereocenters. The number of aromatic nitrogens is 2. The first-order chi connectivity index (χ1) is 9.72. The van der Waals surface area contributed by atoms with E-state index in [1.807, 2.05) is 30.3 Å². The number of methoxy groups -OCH3 is 1. The van der Waals surface area contributed by atoms with Crippen molar-refractivity contribution < 1.29 is 14.6 Å². The third-order valence-electron chi connectivity index (χ3n) is 2.81. The molecule has 0 aliphatic carbocycles. The van der Waals surface area contributed by atoms with Crippen molar-refractivity contribution in [1.82, 2.24) is 9.78 Å². The zero-order valence-corrected chi connectivity index (χ0v) is 12.0.